The van der Waals surface area contributed by atoms with Gasteiger partial charge < -0.3 is 10.2 Å². The van der Waals surface area contributed by atoms with E-state index in [0.29, 0.717) is 5.56 Å². The SMILES string of the molecule is CN(Cc1ccc(C#N)cc1)C(=O)c1ccc(C(=O)NC2CC2)c([N+](=O)[O-])c1. The molecular weight excluding hydrogens is 360 g/mol. The number of carbonyl (C=O) groups excluding carboxylic acids is 2. The van der Waals surface area contributed by atoms with Gasteiger partial charge in [-0.05, 0) is 42.7 Å². The number of hydrogen-bond donors (Lipinski definition) is 1. The van der Waals surface area contributed by atoms with E-state index >= 15 is 0 Å². The van der Waals surface area contributed by atoms with E-state index in [4.69, 9.17) is 5.26 Å². The Balaban J connectivity index is 1.78. The Morgan fingerprint density at radius 2 is 1.93 bits per heavy atom. The maximum atomic E-state index is 12.7. The molecule has 8 nitrogen and oxygen atoms in total. The molecule has 2 amide bonds. The number of nitro groups is 1. The molecule has 3 rings (SSSR count). The van der Waals surface area contributed by atoms with Crippen LogP contribution in [0.5, 0.6) is 0 Å². The number of rotatable bonds is 6. The van der Waals surface area contributed by atoms with E-state index in [1.54, 1.807) is 31.3 Å². The molecule has 1 saturated carbocycles. The summed E-state index contributed by atoms with van der Waals surface area (Å²) < 4.78 is 0. The molecule has 0 radical (unpaired) electrons. The first kappa shape index (κ1) is 19.0. The molecular formula is C20H18N4O4. The Labute approximate surface area is 161 Å². The van der Waals surface area contributed by atoms with E-state index < -0.39 is 22.4 Å². The minimum Gasteiger partial charge on any atom is -0.349 e. The van der Waals surface area contributed by atoms with Crippen molar-refractivity contribution in [3.05, 3.63) is 74.8 Å². The Morgan fingerprint density at radius 1 is 1.25 bits per heavy atom. The molecule has 8 heteroatoms. The molecule has 2 aromatic carbocycles. The molecule has 1 fully saturated rings. The van der Waals surface area contributed by atoms with Crippen molar-refractivity contribution in [2.24, 2.45) is 0 Å². The number of nitriles is 1. The van der Waals surface area contributed by atoms with Gasteiger partial charge in [-0.25, -0.2) is 0 Å². The molecule has 1 N–H and O–H groups in total. The third-order valence-corrected chi connectivity index (χ3v) is 4.45. The largest absolute Gasteiger partial charge is 0.349 e. The molecule has 1 aliphatic carbocycles. The van der Waals surface area contributed by atoms with Gasteiger partial charge in [0.1, 0.15) is 5.56 Å². The maximum Gasteiger partial charge on any atom is 0.282 e. The quantitative estimate of drug-likeness (QED) is 0.613. The minimum atomic E-state index is -0.654. The predicted molar refractivity (Wildman–Crippen MR) is 101 cm³/mol. The summed E-state index contributed by atoms with van der Waals surface area (Å²) in [5, 5.41) is 22.9. The highest BCUT2D eigenvalue weighted by atomic mass is 16.6. The lowest BCUT2D eigenvalue weighted by Gasteiger charge is -2.17. The summed E-state index contributed by atoms with van der Waals surface area (Å²) >= 11 is 0. The van der Waals surface area contributed by atoms with Crippen molar-refractivity contribution in [1.29, 1.82) is 5.26 Å². The zero-order valence-electron chi connectivity index (χ0n) is 15.2. The van der Waals surface area contributed by atoms with Crippen LogP contribution in [0.25, 0.3) is 0 Å². The van der Waals surface area contributed by atoms with Gasteiger partial charge in [-0.3, -0.25) is 19.7 Å². The fourth-order valence-corrected chi connectivity index (χ4v) is 2.75. The molecule has 0 aromatic heterocycles. The second-order valence-electron chi connectivity index (χ2n) is 6.71. The van der Waals surface area contributed by atoms with Gasteiger partial charge in [-0.2, -0.15) is 5.26 Å². The third-order valence-electron chi connectivity index (χ3n) is 4.45. The molecule has 0 saturated heterocycles. The van der Waals surface area contributed by atoms with Crippen LogP contribution >= 0.6 is 0 Å². The molecule has 142 valence electrons. The van der Waals surface area contributed by atoms with Crippen LogP contribution in [0.4, 0.5) is 5.69 Å². The summed E-state index contributed by atoms with van der Waals surface area (Å²) in [6, 6.07) is 12.8. The number of carbonyl (C=O) groups is 2. The highest BCUT2D eigenvalue weighted by Crippen LogP contribution is 2.24. The van der Waals surface area contributed by atoms with Crippen molar-refractivity contribution in [3.8, 4) is 6.07 Å². The van der Waals surface area contributed by atoms with Gasteiger partial charge in [0.05, 0.1) is 16.6 Å². The van der Waals surface area contributed by atoms with E-state index in [1.165, 1.54) is 17.0 Å². The lowest BCUT2D eigenvalue weighted by molar-refractivity contribution is -0.385. The van der Waals surface area contributed by atoms with Gasteiger partial charge in [-0.1, -0.05) is 12.1 Å². The maximum absolute atomic E-state index is 12.7. The Bertz CT molecular complexity index is 975. The van der Waals surface area contributed by atoms with Gasteiger partial charge in [-0.15, -0.1) is 0 Å². The van der Waals surface area contributed by atoms with E-state index in [9.17, 15) is 19.7 Å². The van der Waals surface area contributed by atoms with Gasteiger partial charge in [0.2, 0.25) is 0 Å². The highest BCUT2D eigenvalue weighted by molar-refractivity contribution is 6.01. The van der Waals surface area contributed by atoms with Crippen molar-refractivity contribution in [2.45, 2.75) is 25.4 Å². The van der Waals surface area contributed by atoms with Crippen molar-refractivity contribution >= 4 is 17.5 Å². The zero-order chi connectivity index (χ0) is 20.3. The Kier molecular flexibility index (Phi) is 5.36. The first-order chi connectivity index (χ1) is 13.4. The first-order valence-electron chi connectivity index (χ1n) is 8.73. The standard InChI is InChI=1S/C20H18N4O4/c1-23(12-14-4-2-13(11-21)3-5-14)20(26)15-6-9-17(18(10-15)24(27)28)19(25)22-16-7-8-16/h2-6,9-10,16H,7-8,12H2,1H3,(H,22,25). The van der Waals surface area contributed by atoms with Crippen molar-refractivity contribution in [2.75, 3.05) is 7.05 Å². The van der Waals surface area contributed by atoms with E-state index in [2.05, 4.69) is 5.32 Å². The number of nitrogens with one attached hydrogen (secondary N) is 1. The van der Waals surface area contributed by atoms with Crippen LogP contribution in [0.3, 0.4) is 0 Å². The number of hydrogen-bond acceptors (Lipinski definition) is 5. The van der Waals surface area contributed by atoms with Crippen LogP contribution in [0.1, 0.15) is 44.7 Å². The number of benzene rings is 2. The highest BCUT2D eigenvalue weighted by Gasteiger charge is 2.28. The van der Waals surface area contributed by atoms with Gasteiger partial charge in [0, 0.05) is 31.3 Å². The van der Waals surface area contributed by atoms with Gasteiger partial charge in [0.25, 0.3) is 17.5 Å². The number of amides is 2. The fourth-order valence-electron chi connectivity index (χ4n) is 2.75. The molecule has 0 atom stereocenters. The average molecular weight is 378 g/mol. The van der Waals surface area contributed by atoms with Crippen molar-refractivity contribution < 1.29 is 14.5 Å². The topological polar surface area (TPSA) is 116 Å². The van der Waals surface area contributed by atoms with Crippen molar-refractivity contribution in [3.63, 3.8) is 0 Å². The second kappa shape index (κ2) is 7.88. The summed E-state index contributed by atoms with van der Waals surface area (Å²) in [6.45, 7) is 0.280. The van der Waals surface area contributed by atoms with E-state index in [0.717, 1.165) is 24.5 Å². The Morgan fingerprint density at radius 3 is 2.50 bits per heavy atom. The van der Waals surface area contributed by atoms with E-state index in [1.807, 2.05) is 6.07 Å². The fraction of sp³-hybridized carbons (Fsp3) is 0.250. The van der Waals surface area contributed by atoms with Gasteiger partial charge >= 0.3 is 0 Å². The van der Waals surface area contributed by atoms with Crippen LogP contribution in [0.2, 0.25) is 0 Å². The normalized spacial score (nSPS) is 12.7. The summed E-state index contributed by atoms with van der Waals surface area (Å²) in [5.41, 5.74) is 1.03. The van der Waals surface area contributed by atoms with Crippen LogP contribution in [-0.4, -0.2) is 34.7 Å². The number of nitro benzene ring substituents is 1. The van der Waals surface area contributed by atoms with Gasteiger partial charge in [0.15, 0.2) is 0 Å². The monoisotopic (exact) mass is 378 g/mol. The molecule has 0 spiro atoms. The zero-order valence-corrected chi connectivity index (χ0v) is 15.2. The second-order valence-corrected chi connectivity index (χ2v) is 6.71. The molecule has 0 heterocycles. The third kappa shape index (κ3) is 4.32. The lowest BCUT2D eigenvalue weighted by Crippen LogP contribution is -2.28. The summed E-state index contributed by atoms with van der Waals surface area (Å²) in [4.78, 5) is 37.0. The summed E-state index contributed by atoms with van der Waals surface area (Å²) in [5.74, 6) is -0.902. The summed E-state index contributed by atoms with van der Waals surface area (Å²) in [6.07, 6.45) is 1.74. The molecule has 1 aliphatic rings. The van der Waals surface area contributed by atoms with Crippen LogP contribution in [0.15, 0.2) is 42.5 Å². The average Bonchev–Trinajstić information content (AvgIpc) is 3.51. The molecule has 0 unspecified atom stereocenters. The molecule has 2 aromatic rings. The molecule has 0 bridgehead atoms. The predicted octanol–water partition coefficient (Wildman–Crippen LogP) is 2.63. The number of nitrogens with zero attached hydrogens (tertiary/aromatic N) is 3. The first-order valence-corrected chi connectivity index (χ1v) is 8.73. The smallest absolute Gasteiger partial charge is 0.282 e. The Hall–Kier alpha value is -3.73. The summed E-state index contributed by atoms with van der Waals surface area (Å²) in [7, 11) is 1.58. The van der Waals surface area contributed by atoms with Crippen LogP contribution < -0.4 is 5.32 Å². The molecule has 0 aliphatic heterocycles. The van der Waals surface area contributed by atoms with Crippen molar-refractivity contribution in [1.82, 2.24) is 10.2 Å². The van der Waals surface area contributed by atoms with Crippen LogP contribution in [-0.2, 0) is 6.54 Å². The minimum absolute atomic E-state index is 0.0526. The van der Waals surface area contributed by atoms with Crippen LogP contribution in [0, 0.1) is 21.4 Å². The lowest BCUT2D eigenvalue weighted by atomic mass is 10.1. The molecule has 28 heavy (non-hydrogen) atoms. The van der Waals surface area contributed by atoms with E-state index in [-0.39, 0.29) is 23.7 Å².